The molecule has 0 bridgehead atoms. The van der Waals surface area contributed by atoms with Crippen LogP contribution < -0.4 is 10.2 Å². The highest BCUT2D eigenvalue weighted by Crippen LogP contribution is 2.30. The van der Waals surface area contributed by atoms with Gasteiger partial charge in [0.1, 0.15) is 12.1 Å². The van der Waals surface area contributed by atoms with Crippen LogP contribution in [0.3, 0.4) is 0 Å². The molecule has 0 amide bonds. The monoisotopic (exact) mass is 391 g/mol. The average molecular weight is 391 g/mol. The summed E-state index contributed by atoms with van der Waals surface area (Å²) in [6, 6.07) is 9.40. The molecule has 2 aromatic carbocycles. The Morgan fingerprint density at radius 1 is 0.964 bits per heavy atom. The first-order valence-electron chi connectivity index (χ1n) is 8.80. The molecule has 2 heterocycles. The second-order valence-electron chi connectivity index (χ2n) is 6.58. The Labute approximate surface area is 158 Å². The predicted molar refractivity (Wildman–Crippen MR) is 97.5 cm³/mol. The number of rotatable bonds is 4. The highest BCUT2D eigenvalue weighted by Gasteiger charge is 2.30. The second kappa shape index (κ2) is 7.14. The van der Waals surface area contributed by atoms with Gasteiger partial charge in [0, 0.05) is 24.5 Å². The van der Waals surface area contributed by atoms with Crippen LogP contribution >= 0.6 is 0 Å². The van der Waals surface area contributed by atoms with Crippen molar-refractivity contribution in [1.82, 2.24) is 14.8 Å². The number of aromatic nitrogens is 3. The van der Waals surface area contributed by atoms with Gasteiger partial charge in [-0.15, -0.1) is 5.10 Å². The maximum Gasteiger partial charge on any atom is 0.416 e. The molecule has 0 aliphatic carbocycles. The Hall–Kier alpha value is -3.10. The molecule has 0 atom stereocenters. The summed E-state index contributed by atoms with van der Waals surface area (Å²) in [6.45, 7) is 1.76. The normalized spacial score (nSPS) is 14.5. The van der Waals surface area contributed by atoms with E-state index in [2.05, 4.69) is 20.3 Å². The van der Waals surface area contributed by atoms with Crippen LogP contribution in [0, 0.1) is 5.82 Å². The van der Waals surface area contributed by atoms with Crippen molar-refractivity contribution in [3.8, 4) is 5.69 Å². The quantitative estimate of drug-likeness (QED) is 0.651. The standard InChI is InChI=1S/C19H17F4N5/c20-14-9-15(11-17(10-14)27-6-1-2-7-27)25-18-24-12-28(26-18)16-5-3-4-13(8-16)19(21,22)23/h3-5,8-12H,1-2,6-7H2,(H,25,26). The predicted octanol–water partition coefficient (Wildman–Crippen LogP) is 4.77. The van der Waals surface area contributed by atoms with Crippen LogP contribution in [0.25, 0.3) is 5.69 Å². The molecule has 1 aliphatic heterocycles. The number of hydrogen-bond acceptors (Lipinski definition) is 4. The van der Waals surface area contributed by atoms with Crippen molar-refractivity contribution in [2.45, 2.75) is 19.0 Å². The Morgan fingerprint density at radius 3 is 2.50 bits per heavy atom. The molecule has 0 radical (unpaired) electrons. The molecule has 28 heavy (non-hydrogen) atoms. The SMILES string of the molecule is Fc1cc(Nc2ncn(-c3cccc(C(F)(F)F)c3)n2)cc(N2CCCC2)c1. The third kappa shape index (κ3) is 3.92. The largest absolute Gasteiger partial charge is 0.416 e. The zero-order valence-corrected chi connectivity index (χ0v) is 14.7. The van der Waals surface area contributed by atoms with Crippen molar-refractivity contribution in [2.75, 3.05) is 23.3 Å². The van der Waals surface area contributed by atoms with Crippen molar-refractivity contribution >= 4 is 17.3 Å². The smallest absolute Gasteiger partial charge is 0.371 e. The van der Waals surface area contributed by atoms with E-state index in [4.69, 9.17) is 0 Å². The third-order valence-electron chi connectivity index (χ3n) is 4.54. The lowest BCUT2D eigenvalue weighted by molar-refractivity contribution is -0.137. The van der Waals surface area contributed by atoms with Crippen LogP contribution in [0.15, 0.2) is 48.8 Å². The number of nitrogens with one attached hydrogen (secondary N) is 1. The summed E-state index contributed by atoms with van der Waals surface area (Å²) in [5.74, 6) is -0.223. The second-order valence-corrected chi connectivity index (χ2v) is 6.58. The fraction of sp³-hybridized carbons (Fsp3) is 0.263. The number of hydrogen-bond donors (Lipinski definition) is 1. The number of alkyl halides is 3. The Bertz CT molecular complexity index is 976. The van der Waals surface area contributed by atoms with Crippen LogP contribution in [-0.2, 0) is 6.18 Å². The highest BCUT2D eigenvalue weighted by atomic mass is 19.4. The minimum absolute atomic E-state index is 0.162. The molecule has 4 rings (SSSR count). The summed E-state index contributed by atoms with van der Waals surface area (Å²) in [6.07, 6.45) is -0.992. The van der Waals surface area contributed by atoms with Crippen molar-refractivity contribution < 1.29 is 17.6 Å². The van der Waals surface area contributed by atoms with E-state index in [9.17, 15) is 17.6 Å². The summed E-state index contributed by atoms with van der Waals surface area (Å²) in [5.41, 5.74) is 0.712. The van der Waals surface area contributed by atoms with E-state index < -0.39 is 11.7 Å². The first kappa shape index (κ1) is 18.3. The minimum Gasteiger partial charge on any atom is -0.371 e. The molecule has 5 nitrogen and oxygen atoms in total. The van der Waals surface area contributed by atoms with Crippen molar-refractivity contribution in [3.63, 3.8) is 0 Å². The molecule has 0 spiro atoms. The van der Waals surface area contributed by atoms with E-state index in [1.54, 1.807) is 6.07 Å². The maximum absolute atomic E-state index is 14.0. The van der Waals surface area contributed by atoms with Gasteiger partial charge in [0.05, 0.1) is 11.3 Å². The van der Waals surface area contributed by atoms with E-state index in [1.165, 1.54) is 35.3 Å². The van der Waals surface area contributed by atoms with E-state index >= 15 is 0 Å². The lowest BCUT2D eigenvalue weighted by Gasteiger charge is -2.18. The first-order valence-corrected chi connectivity index (χ1v) is 8.80. The van der Waals surface area contributed by atoms with Gasteiger partial charge in [-0.1, -0.05) is 6.07 Å². The van der Waals surface area contributed by atoms with E-state index in [1.807, 2.05) is 0 Å². The van der Waals surface area contributed by atoms with Gasteiger partial charge in [-0.25, -0.2) is 9.07 Å². The van der Waals surface area contributed by atoms with Gasteiger partial charge in [0.25, 0.3) is 0 Å². The van der Waals surface area contributed by atoms with Gasteiger partial charge >= 0.3 is 6.18 Å². The maximum atomic E-state index is 14.0. The van der Waals surface area contributed by atoms with E-state index in [0.29, 0.717) is 5.69 Å². The summed E-state index contributed by atoms with van der Waals surface area (Å²) in [7, 11) is 0. The Morgan fingerprint density at radius 2 is 1.75 bits per heavy atom. The van der Waals surface area contributed by atoms with Crippen LogP contribution in [0.5, 0.6) is 0 Å². The Balaban J connectivity index is 1.56. The topological polar surface area (TPSA) is 46.0 Å². The molecule has 1 fully saturated rings. The van der Waals surface area contributed by atoms with Crippen molar-refractivity contribution in [3.05, 3.63) is 60.2 Å². The minimum atomic E-state index is -4.44. The van der Waals surface area contributed by atoms with Crippen molar-refractivity contribution in [1.29, 1.82) is 0 Å². The molecule has 3 aromatic rings. The van der Waals surface area contributed by atoms with E-state index in [0.717, 1.165) is 43.8 Å². The van der Waals surface area contributed by atoms with Gasteiger partial charge in [0.15, 0.2) is 0 Å². The fourth-order valence-electron chi connectivity index (χ4n) is 3.20. The molecule has 1 aromatic heterocycles. The summed E-state index contributed by atoms with van der Waals surface area (Å²) in [4.78, 5) is 6.16. The zero-order chi connectivity index (χ0) is 19.7. The van der Waals surface area contributed by atoms with E-state index in [-0.39, 0.29) is 17.5 Å². The third-order valence-corrected chi connectivity index (χ3v) is 4.54. The molecule has 0 unspecified atom stereocenters. The molecule has 9 heteroatoms. The lowest BCUT2D eigenvalue weighted by Crippen LogP contribution is -2.17. The Kier molecular flexibility index (Phi) is 4.66. The van der Waals surface area contributed by atoms with Crippen molar-refractivity contribution in [2.24, 2.45) is 0 Å². The molecular weight excluding hydrogens is 374 g/mol. The molecule has 1 saturated heterocycles. The molecule has 1 aliphatic rings. The van der Waals surface area contributed by atoms with Gasteiger partial charge in [0.2, 0.25) is 5.95 Å². The summed E-state index contributed by atoms with van der Waals surface area (Å²) < 4.78 is 53.9. The van der Waals surface area contributed by atoms with Gasteiger partial charge in [-0.05, 0) is 49.2 Å². The van der Waals surface area contributed by atoms with Crippen LogP contribution in [0.1, 0.15) is 18.4 Å². The lowest BCUT2D eigenvalue weighted by atomic mass is 10.2. The van der Waals surface area contributed by atoms with Gasteiger partial charge in [-0.2, -0.15) is 18.2 Å². The molecule has 146 valence electrons. The van der Waals surface area contributed by atoms with Crippen LogP contribution in [0.2, 0.25) is 0 Å². The molecular formula is C19H17F4N5. The summed E-state index contributed by atoms with van der Waals surface area (Å²) in [5, 5.41) is 7.06. The van der Waals surface area contributed by atoms with Gasteiger partial charge in [-0.3, -0.25) is 0 Å². The van der Waals surface area contributed by atoms with Gasteiger partial charge < -0.3 is 10.2 Å². The van der Waals surface area contributed by atoms with Crippen LogP contribution in [-0.4, -0.2) is 27.9 Å². The first-order chi connectivity index (χ1) is 13.4. The number of benzene rings is 2. The highest BCUT2D eigenvalue weighted by molar-refractivity contribution is 5.62. The number of nitrogens with zero attached hydrogens (tertiary/aromatic N) is 4. The van der Waals surface area contributed by atoms with Crippen LogP contribution in [0.4, 0.5) is 34.9 Å². The number of halogens is 4. The average Bonchev–Trinajstić information content (AvgIpc) is 3.33. The molecule has 1 N–H and O–H groups in total. The fourth-order valence-corrected chi connectivity index (χ4v) is 3.20. The zero-order valence-electron chi connectivity index (χ0n) is 14.7. The summed E-state index contributed by atoms with van der Waals surface area (Å²) >= 11 is 0. The number of anilines is 3. The molecule has 0 saturated carbocycles.